The Balaban J connectivity index is 1.66. The van der Waals surface area contributed by atoms with Crippen molar-refractivity contribution in [3.8, 4) is 11.4 Å². The van der Waals surface area contributed by atoms with Crippen molar-refractivity contribution >= 4 is 38.1 Å². The summed E-state index contributed by atoms with van der Waals surface area (Å²) in [5.74, 6) is 0.735. The number of imidazole rings is 1. The quantitative estimate of drug-likeness (QED) is 0.526. The minimum atomic E-state index is -3.66. The molecule has 0 fully saturated rings. The highest BCUT2D eigenvalue weighted by Gasteiger charge is 2.16. The van der Waals surface area contributed by atoms with Crippen molar-refractivity contribution in [1.29, 1.82) is 0 Å². The fraction of sp³-hybridized carbons (Fsp3) is 0.105. The minimum Gasteiger partial charge on any atom is -0.338 e. The van der Waals surface area contributed by atoms with Crippen LogP contribution in [0.4, 0.5) is 5.69 Å². The molecule has 0 saturated carbocycles. The summed E-state index contributed by atoms with van der Waals surface area (Å²) in [6.07, 6.45) is 0.913. The van der Waals surface area contributed by atoms with Crippen molar-refractivity contribution in [1.82, 2.24) is 9.97 Å². The number of aryl methyl sites for hydroxylation is 1. The van der Waals surface area contributed by atoms with Crippen LogP contribution in [-0.2, 0) is 16.4 Å². The Morgan fingerprint density at radius 3 is 2.62 bits per heavy atom. The number of thiophene rings is 1. The molecule has 0 unspecified atom stereocenters. The number of hydrogen-bond acceptors (Lipinski definition) is 4. The summed E-state index contributed by atoms with van der Waals surface area (Å²) >= 11 is 1.59. The molecule has 0 amide bonds. The summed E-state index contributed by atoms with van der Waals surface area (Å²) in [5, 5.41) is 3.98. The van der Waals surface area contributed by atoms with Crippen molar-refractivity contribution in [2.75, 3.05) is 4.72 Å². The zero-order chi connectivity index (χ0) is 18.1. The first-order chi connectivity index (χ1) is 12.5. The van der Waals surface area contributed by atoms with Crippen LogP contribution in [0, 0.1) is 0 Å². The molecule has 0 aliphatic rings. The third kappa shape index (κ3) is 3.23. The summed E-state index contributed by atoms with van der Waals surface area (Å²) in [6, 6.07) is 14.3. The van der Waals surface area contributed by atoms with E-state index in [9.17, 15) is 8.42 Å². The molecule has 0 aliphatic heterocycles. The summed E-state index contributed by atoms with van der Waals surface area (Å²) in [5.41, 5.74) is 4.12. The molecule has 2 N–H and O–H groups in total. The van der Waals surface area contributed by atoms with Crippen molar-refractivity contribution in [2.45, 2.75) is 18.2 Å². The zero-order valence-corrected chi connectivity index (χ0v) is 15.7. The number of anilines is 1. The van der Waals surface area contributed by atoms with Gasteiger partial charge in [0.1, 0.15) is 5.82 Å². The Labute approximate surface area is 155 Å². The average Bonchev–Trinajstić information content (AvgIpc) is 3.30. The Hall–Kier alpha value is -2.64. The number of hydrogen-bond donors (Lipinski definition) is 2. The maximum atomic E-state index is 12.7. The second-order valence-electron chi connectivity index (χ2n) is 5.93. The molecular formula is C19H17N3O2S2. The molecule has 0 atom stereocenters. The Kier molecular flexibility index (Phi) is 4.26. The van der Waals surface area contributed by atoms with Crippen LogP contribution in [0.3, 0.4) is 0 Å². The maximum absolute atomic E-state index is 12.7. The minimum absolute atomic E-state index is 0.199. The Morgan fingerprint density at radius 2 is 1.92 bits per heavy atom. The summed E-state index contributed by atoms with van der Waals surface area (Å²) in [6.45, 7) is 2.06. The highest BCUT2D eigenvalue weighted by Crippen LogP contribution is 2.25. The molecule has 2 heterocycles. The first-order valence-electron chi connectivity index (χ1n) is 8.19. The van der Waals surface area contributed by atoms with E-state index in [-0.39, 0.29) is 4.90 Å². The number of nitrogens with zero attached hydrogens (tertiary/aromatic N) is 1. The molecule has 0 aliphatic carbocycles. The molecule has 26 heavy (non-hydrogen) atoms. The third-order valence-electron chi connectivity index (χ3n) is 4.17. The van der Waals surface area contributed by atoms with Crippen LogP contribution in [0.15, 0.2) is 64.2 Å². The summed E-state index contributed by atoms with van der Waals surface area (Å²) < 4.78 is 28.0. The van der Waals surface area contributed by atoms with Crippen LogP contribution >= 0.6 is 11.3 Å². The van der Waals surface area contributed by atoms with Crippen LogP contribution in [0.25, 0.3) is 22.4 Å². The third-order valence-corrected chi connectivity index (χ3v) is 6.23. The number of rotatable bonds is 5. The van der Waals surface area contributed by atoms with E-state index in [0.29, 0.717) is 11.2 Å². The van der Waals surface area contributed by atoms with Gasteiger partial charge < -0.3 is 4.98 Å². The molecule has 2 aromatic carbocycles. The van der Waals surface area contributed by atoms with Gasteiger partial charge in [0.25, 0.3) is 10.0 Å². The van der Waals surface area contributed by atoms with Gasteiger partial charge in [-0.05, 0) is 53.8 Å². The lowest BCUT2D eigenvalue weighted by molar-refractivity contribution is 0.601. The lowest BCUT2D eigenvalue weighted by atomic mass is 10.2. The number of H-pyrrole nitrogens is 1. The summed E-state index contributed by atoms with van der Waals surface area (Å²) in [4.78, 5) is 7.91. The molecule has 0 spiro atoms. The lowest BCUT2D eigenvalue weighted by Gasteiger charge is -2.08. The first kappa shape index (κ1) is 16.8. The van der Waals surface area contributed by atoms with Crippen LogP contribution in [0.5, 0.6) is 0 Å². The average molecular weight is 383 g/mol. The molecule has 0 saturated heterocycles. The highest BCUT2D eigenvalue weighted by molar-refractivity contribution is 7.92. The van der Waals surface area contributed by atoms with Gasteiger partial charge in [-0.1, -0.05) is 19.1 Å². The zero-order valence-electron chi connectivity index (χ0n) is 14.1. The van der Waals surface area contributed by atoms with Crippen molar-refractivity contribution in [2.24, 2.45) is 0 Å². The van der Waals surface area contributed by atoms with Gasteiger partial charge in [-0.25, -0.2) is 13.4 Å². The van der Waals surface area contributed by atoms with Gasteiger partial charge in [0.05, 0.1) is 15.9 Å². The number of fused-ring (bicyclic) bond motifs is 1. The molecule has 4 aromatic rings. The smallest absolute Gasteiger partial charge is 0.261 e. The van der Waals surface area contributed by atoms with Crippen LogP contribution in [0.1, 0.15) is 12.5 Å². The van der Waals surface area contributed by atoms with E-state index in [0.717, 1.165) is 28.9 Å². The molecule has 7 heteroatoms. The number of benzene rings is 2. The van der Waals surface area contributed by atoms with E-state index in [1.54, 1.807) is 41.7 Å². The number of sulfonamides is 1. The van der Waals surface area contributed by atoms with Crippen LogP contribution < -0.4 is 4.72 Å². The van der Waals surface area contributed by atoms with Gasteiger partial charge in [0, 0.05) is 16.6 Å². The van der Waals surface area contributed by atoms with Crippen LogP contribution in [-0.4, -0.2) is 18.4 Å². The molecule has 2 aromatic heterocycles. The topological polar surface area (TPSA) is 74.8 Å². The summed E-state index contributed by atoms with van der Waals surface area (Å²) in [7, 11) is -3.66. The van der Waals surface area contributed by atoms with Gasteiger partial charge in [-0.15, -0.1) is 0 Å². The Bertz CT molecular complexity index is 1150. The Morgan fingerprint density at radius 1 is 1.12 bits per heavy atom. The molecular weight excluding hydrogens is 366 g/mol. The van der Waals surface area contributed by atoms with Gasteiger partial charge in [0.2, 0.25) is 0 Å². The predicted octanol–water partition coefficient (Wildman–Crippen LogP) is 4.65. The standard InChI is InChI=1S/C19H17N3O2S2/c1-2-13-3-5-15(6-4-13)22-26(23,24)16-7-8-17-18(11-16)21-19(20-17)14-9-10-25-12-14/h3-12,22H,2H2,1H3,(H,20,21). The first-order valence-corrected chi connectivity index (χ1v) is 10.6. The van der Waals surface area contributed by atoms with Gasteiger partial charge in [-0.3, -0.25) is 4.72 Å². The van der Waals surface area contributed by atoms with E-state index >= 15 is 0 Å². The van der Waals surface area contributed by atoms with Gasteiger partial charge in [-0.2, -0.15) is 11.3 Å². The fourth-order valence-corrected chi connectivity index (χ4v) is 4.44. The molecule has 132 valence electrons. The van der Waals surface area contributed by atoms with Crippen LogP contribution in [0.2, 0.25) is 0 Å². The monoisotopic (exact) mass is 383 g/mol. The number of nitrogens with one attached hydrogen (secondary N) is 2. The molecule has 0 radical (unpaired) electrons. The second-order valence-corrected chi connectivity index (χ2v) is 8.39. The van der Waals surface area contributed by atoms with Gasteiger partial charge in [0.15, 0.2) is 0 Å². The largest absolute Gasteiger partial charge is 0.338 e. The SMILES string of the molecule is CCc1ccc(NS(=O)(=O)c2ccc3nc(-c4ccsc4)[nH]c3c2)cc1. The lowest BCUT2D eigenvalue weighted by Crippen LogP contribution is -2.12. The van der Waals surface area contributed by atoms with E-state index in [1.165, 1.54) is 0 Å². The van der Waals surface area contributed by atoms with E-state index < -0.39 is 10.0 Å². The van der Waals surface area contributed by atoms with E-state index in [1.807, 2.05) is 29.0 Å². The number of aromatic nitrogens is 2. The normalized spacial score (nSPS) is 11.7. The highest BCUT2D eigenvalue weighted by atomic mass is 32.2. The van der Waals surface area contributed by atoms with E-state index in [2.05, 4.69) is 21.6 Å². The van der Waals surface area contributed by atoms with Crippen molar-refractivity contribution in [3.63, 3.8) is 0 Å². The number of aromatic amines is 1. The maximum Gasteiger partial charge on any atom is 0.261 e. The molecule has 5 nitrogen and oxygen atoms in total. The second kappa shape index (κ2) is 6.59. The van der Waals surface area contributed by atoms with Gasteiger partial charge >= 0.3 is 0 Å². The van der Waals surface area contributed by atoms with Crippen molar-refractivity contribution in [3.05, 3.63) is 64.9 Å². The van der Waals surface area contributed by atoms with Crippen molar-refractivity contribution < 1.29 is 8.42 Å². The van der Waals surface area contributed by atoms with E-state index in [4.69, 9.17) is 0 Å². The molecule has 4 rings (SSSR count). The molecule has 0 bridgehead atoms. The fourth-order valence-electron chi connectivity index (χ4n) is 2.71. The predicted molar refractivity (Wildman–Crippen MR) is 106 cm³/mol.